The van der Waals surface area contributed by atoms with Crippen molar-refractivity contribution in [1.29, 1.82) is 0 Å². The minimum Gasteiger partial charge on any atom is -0.351 e. The monoisotopic (exact) mass is 126 g/mol. The molecular weight excluding hydrogens is 119 g/mol. The lowest BCUT2D eigenvalue weighted by atomic mass is 10.2. The maximum atomic E-state index is 10.6. The zero-order valence-corrected chi connectivity index (χ0v) is 5.10. The molecule has 4 nitrogen and oxygen atoms in total. The van der Waals surface area contributed by atoms with Crippen molar-refractivity contribution in [2.45, 2.75) is 12.5 Å². The van der Waals surface area contributed by atoms with Gasteiger partial charge in [0, 0.05) is 0 Å². The molecule has 0 aromatic carbocycles. The summed E-state index contributed by atoms with van der Waals surface area (Å²) < 4.78 is 0. The van der Waals surface area contributed by atoms with E-state index in [1.807, 2.05) is 0 Å². The molecule has 9 heavy (non-hydrogen) atoms. The molecule has 0 spiro atoms. The lowest BCUT2D eigenvalue weighted by Gasteiger charge is -1.99. The van der Waals surface area contributed by atoms with Gasteiger partial charge in [-0.05, 0) is 0 Å². The van der Waals surface area contributed by atoms with Gasteiger partial charge in [-0.15, -0.1) is 0 Å². The lowest BCUT2D eigenvalue weighted by Crippen LogP contribution is -2.34. The van der Waals surface area contributed by atoms with Gasteiger partial charge in [-0.3, -0.25) is 14.9 Å². The number of hydrogen-bond acceptors (Lipinski definition) is 3. The van der Waals surface area contributed by atoms with Crippen LogP contribution in [0.25, 0.3) is 0 Å². The van der Waals surface area contributed by atoms with Crippen molar-refractivity contribution in [1.82, 2.24) is 10.5 Å². The van der Waals surface area contributed by atoms with E-state index in [1.165, 1.54) is 0 Å². The first-order valence-corrected chi connectivity index (χ1v) is 2.75. The van der Waals surface area contributed by atoms with E-state index in [2.05, 4.69) is 10.5 Å². The van der Waals surface area contributed by atoms with Crippen molar-refractivity contribution in [2.24, 2.45) is 0 Å². The van der Waals surface area contributed by atoms with Crippen LogP contribution in [0.2, 0.25) is 0 Å². The lowest BCUT2D eigenvalue weighted by molar-refractivity contribution is -0.125. The van der Waals surface area contributed by atoms with Gasteiger partial charge in [0.1, 0.15) is 0 Å². The summed E-state index contributed by atoms with van der Waals surface area (Å²) >= 11 is 0. The number of nitrogens with one attached hydrogen (secondary N) is 2. The summed E-state index contributed by atoms with van der Waals surface area (Å²) in [5, 5.41) is 4.89. The van der Waals surface area contributed by atoms with Gasteiger partial charge >= 0.3 is 0 Å². The average Bonchev–Trinajstić information content (AvgIpc) is 2.10. The summed E-state index contributed by atoms with van der Waals surface area (Å²) in [5.74, 6) is -0.415. The molecule has 0 aromatic heterocycles. The molecule has 2 N–H and O–H groups in total. The van der Waals surface area contributed by atoms with Crippen molar-refractivity contribution >= 4 is 19.8 Å². The van der Waals surface area contributed by atoms with Crippen molar-refractivity contribution in [3.63, 3.8) is 0 Å². The number of carbonyl (C=O) groups excluding carboxylic acids is 2. The molecular formula is C4H7BN2O2. The van der Waals surface area contributed by atoms with E-state index < -0.39 is 0 Å². The molecule has 0 saturated carbocycles. The van der Waals surface area contributed by atoms with Crippen LogP contribution >= 0.6 is 0 Å². The van der Waals surface area contributed by atoms with Crippen molar-refractivity contribution in [2.75, 3.05) is 0 Å². The zero-order valence-electron chi connectivity index (χ0n) is 5.10. The van der Waals surface area contributed by atoms with E-state index in [0.717, 1.165) is 0 Å². The molecule has 1 unspecified atom stereocenters. The first-order chi connectivity index (χ1) is 4.24. The Balaban J connectivity index is 2.58. The van der Waals surface area contributed by atoms with E-state index >= 15 is 0 Å². The van der Waals surface area contributed by atoms with Crippen molar-refractivity contribution in [3.05, 3.63) is 0 Å². The number of hydrogen-bond donors (Lipinski definition) is 2. The van der Waals surface area contributed by atoms with Gasteiger partial charge in [-0.25, -0.2) is 0 Å². The maximum Gasteiger partial charge on any atom is 0.243 e. The summed E-state index contributed by atoms with van der Waals surface area (Å²) in [4.78, 5) is 21.1. The number of amides is 2. The van der Waals surface area contributed by atoms with Crippen molar-refractivity contribution < 1.29 is 9.59 Å². The van der Waals surface area contributed by atoms with Gasteiger partial charge in [0.15, 0.2) is 7.98 Å². The third-order valence-corrected chi connectivity index (χ3v) is 1.32. The molecule has 1 heterocycles. The molecule has 0 aromatic rings. The average molecular weight is 126 g/mol. The fourth-order valence-corrected chi connectivity index (χ4v) is 0.787. The predicted molar refractivity (Wildman–Crippen MR) is 33.2 cm³/mol. The molecule has 1 aliphatic heterocycles. The van der Waals surface area contributed by atoms with Gasteiger partial charge in [-0.2, -0.15) is 0 Å². The third kappa shape index (κ3) is 1.10. The molecule has 0 radical (unpaired) electrons. The van der Waals surface area contributed by atoms with Crippen molar-refractivity contribution in [3.8, 4) is 0 Å². The molecule has 0 aliphatic carbocycles. The van der Waals surface area contributed by atoms with Crippen LogP contribution in [-0.4, -0.2) is 25.8 Å². The highest BCUT2D eigenvalue weighted by molar-refractivity contribution is 6.11. The van der Waals surface area contributed by atoms with Gasteiger partial charge in [0.05, 0.1) is 12.5 Å². The second kappa shape index (κ2) is 2.18. The molecule has 1 fully saturated rings. The van der Waals surface area contributed by atoms with E-state index in [0.29, 0.717) is 0 Å². The molecule has 0 bridgehead atoms. The van der Waals surface area contributed by atoms with Gasteiger partial charge in [-0.1, -0.05) is 0 Å². The third-order valence-electron chi connectivity index (χ3n) is 1.32. The molecule has 2 amide bonds. The van der Waals surface area contributed by atoms with E-state index in [-0.39, 0.29) is 24.3 Å². The number of imide groups is 1. The van der Waals surface area contributed by atoms with E-state index in [9.17, 15) is 9.59 Å². The Kier molecular flexibility index (Phi) is 1.53. The topological polar surface area (TPSA) is 58.2 Å². The summed E-state index contributed by atoms with van der Waals surface area (Å²) in [6.45, 7) is 0. The number of rotatable bonds is 1. The standard InChI is InChI=1S/C4H7BN2O2/c5-7-2-1-3(8)6-4(2)9/h2,7H,1,5H2,(H,6,8,9). The van der Waals surface area contributed by atoms with Gasteiger partial charge in [0.25, 0.3) is 0 Å². The SMILES string of the molecule is BNC1CC(=O)NC1=O. The fraction of sp³-hybridized carbons (Fsp3) is 0.500. The highest BCUT2D eigenvalue weighted by atomic mass is 16.2. The Morgan fingerprint density at radius 3 is 2.56 bits per heavy atom. The van der Waals surface area contributed by atoms with Crippen LogP contribution < -0.4 is 10.5 Å². The quantitative estimate of drug-likeness (QED) is 0.302. The van der Waals surface area contributed by atoms with Crippen LogP contribution in [0.1, 0.15) is 6.42 Å². The van der Waals surface area contributed by atoms with Crippen LogP contribution in [0.15, 0.2) is 0 Å². The fourth-order valence-electron chi connectivity index (χ4n) is 0.787. The minimum absolute atomic E-state index is 0.195. The number of carbonyl (C=O) groups is 2. The Bertz CT molecular complexity index is 159. The second-order valence-corrected chi connectivity index (χ2v) is 1.96. The van der Waals surface area contributed by atoms with Crippen LogP contribution in [0, 0.1) is 0 Å². The zero-order chi connectivity index (χ0) is 6.85. The summed E-state index contributed by atoms with van der Waals surface area (Å²) in [6.07, 6.45) is 0.273. The van der Waals surface area contributed by atoms with E-state index in [4.69, 9.17) is 0 Å². The Morgan fingerprint density at radius 1 is 1.67 bits per heavy atom. The van der Waals surface area contributed by atoms with Crippen LogP contribution in [-0.2, 0) is 9.59 Å². The Morgan fingerprint density at radius 2 is 2.33 bits per heavy atom. The van der Waals surface area contributed by atoms with Gasteiger partial charge in [0.2, 0.25) is 11.8 Å². The Hall–Kier alpha value is -0.835. The molecule has 1 aliphatic rings. The highest BCUT2D eigenvalue weighted by Crippen LogP contribution is 1.98. The molecule has 5 heteroatoms. The summed E-state index contributed by atoms with van der Waals surface area (Å²) in [7, 11) is 1.66. The van der Waals surface area contributed by atoms with Crippen LogP contribution in [0.3, 0.4) is 0 Å². The summed E-state index contributed by atoms with van der Waals surface area (Å²) in [6, 6.07) is -0.308. The normalized spacial score (nSPS) is 26.4. The van der Waals surface area contributed by atoms with Gasteiger partial charge < -0.3 is 5.23 Å². The smallest absolute Gasteiger partial charge is 0.243 e. The summed E-state index contributed by atoms with van der Waals surface area (Å²) in [5.41, 5.74) is 0. The van der Waals surface area contributed by atoms with Crippen LogP contribution in [0.4, 0.5) is 0 Å². The first-order valence-electron chi connectivity index (χ1n) is 2.75. The molecule has 1 rings (SSSR count). The predicted octanol–water partition coefficient (Wildman–Crippen LogP) is -2.46. The first kappa shape index (κ1) is 6.29. The second-order valence-electron chi connectivity index (χ2n) is 1.96. The maximum absolute atomic E-state index is 10.6. The largest absolute Gasteiger partial charge is 0.351 e. The van der Waals surface area contributed by atoms with E-state index in [1.54, 1.807) is 7.98 Å². The molecule has 48 valence electrons. The molecule has 1 atom stereocenters. The molecule has 1 saturated heterocycles. The Labute approximate surface area is 53.4 Å². The highest BCUT2D eigenvalue weighted by Gasteiger charge is 2.28. The minimum atomic E-state index is -0.308. The van der Waals surface area contributed by atoms with Crippen LogP contribution in [0.5, 0.6) is 0 Å².